The van der Waals surface area contributed by atoms with Gasteiger partial charge in [-0.15, -0.1) is 10.2 Å². The van der Waals surface area contributed by atoms with Gasteiger partial charge in [0, 0.05) is 26.1 Å². The van der Waals surface area contributed by atoms with Crippen LogP contribution in [-0.4, -0.2) is 40.6 Å². The summed E-state index contributed by atoms with van der Waals surface area (Å²) in [5.74, 6) is 1.70. The second-order valence-electron chi connectivity index (χ2n) is 6.18. The van der Waals surface area contributed by atoms with E-state index in [-0.39, 0.29) is 6.04 Å². The Morgan fingerprint density at radius 3 is 2.52 bits per heavy atom. The molecule has 132 valence electrons. The van der Waals surface area contributed by atoms with Crippen molar-refractivity contribution in [3.63, 3.8) is 0 Å². The Labute approximate surface area is 139 Å². The van der Waals surface area contributed by atoms with E-state index in [9.17, 15) is 8.42 Å². The number of rotatable bonds is 8. The summed E-state index contributed by atoms with van der Waals surface area (Å²) in [5.41, 5.74) is 0. The topological polar surface area (TPSA) is 80.1 Å². The Bertz CT molecular complexity index is 593. The fourth-order valence-corrected chi connectivity index (χ4v) is 4.58. The van der Waals surface area contributed by atoms with Crippen molar-refractivity contribution in [1.29, 1.82) is 0 Å². The second kappa shape index (κ2) is 8.21. The van der Waals surface area contributed by atoms with Crippen LogP contribution in [-0.2, 0) is 23.2 Å². The maximum Gasteiger partial charge on any atom is 0.280 e. The van der Waals surface area contributed by atoms with Crippen LogP contribution in [0.25, 0.3) is 0 Å². The normalized spacial score (nSPS) is 17.0. The summed E-state index contributed by atoms with van der Waals surface area (Å²) in [6, 6.07) is -0.379. The third-order valence-electron chi connectivity index (χ3n) is 4.14. The first kappa shape index (κ1) is 18.4. The molecule has 8 heteroatoms. The fourth-order valence-electron chi connectivity index (χ4n) is 3.03. The SMILES string of the molecule is CCCN(CCC)S(=O)(=O)NC(C)c1nnc2n1CCCCC2. The molecule has 1 aromatic heterocycles. The molecule has 1 N–H and O–H groups in total. The van der Waals surface area contributed by atoms with Crippen LogP contribution in [0.2, 0.25) is 0 Å². The first-order chi connectivity index (χ1) is 11.0. The van der Waals surface area contributed by atoms with Gasteiger partial charge in [0.15, 0.2) is 5.82 Å². The number of aryl methyl sites for hydroxylation is 1. The lowest BCUT2D eigenvalue weighted by Gasteiger charge is -2.24. The predicted molar refractivity (Wildman–Crippen MR) is 90.2 cm³/mol. The highest BCUT2D eigenvalue weighted by molar-refractivity contribution is 7.87. The molecule has 7 nitrogen and oxygen atoms in total. The van der Waals surface area contributed by atoms with E-state index < -0.39 is 10.2 Å². The molecule has 0 amide bonds. The van der Waals surface area contributed by atoms with Gasteiger partial charge >= 0.3 is 0 Å². The van der Waals surface area contributed by atoms with Crippen LogP contribution in [0, 0.1) is 0 Å². The van der Waals surface area contributed by atoms with Crippen LogP contribution < -0.4 is 4.72 Å². The van der Waals surface area contributed by atoms with Crippen LogP contribution in [0.5, 0.6) is 0 Å². The van der Waals surface area contributed by atoms with E-state index in [2.05, 4.69) is 19.5 Å². The van der Waals surface area contributed by atoms with E-state index in [1.165, 1.54) is 10.7 Å². The lowest BCUT2D eigenvalue weighted by molar-refractivity contribution is 0.395. The lowest BCUT2D eigenvalue weighted by atomic mass is 10.2. The smallest absolute Gasteiger partial charge is 0.280 e. The first-order valence-corrected chi connectivity index (χ1v) is 10.1. The number of nitrogens with one attached hydrogen (secondary N) is 1. The van der Waals surface area contributed by atoms with Gasteiger partial charge in [0.1, 0.15) is 5.82 Å². The number of nitrogens with zero attached hydrogens (tertiary/aromatic N) is 4. The molecular weight excluding hydrogens is 314 g/mol. The quantitative estimate of drug-likeness (QED) is 0.783. The van der Waals surface area contributed by atoms with E-state index in [4.69, 9.17) is 0 Å². The first-order valence-electron chi connectivity index (χ1n) is 8.69. The van der Waals surface area contributed by atoms with Crippen molar-refractivity contribution in [2.75, 3.05) is 13.1 Å². The molecule has 0 aliphatic carbocycles. The Morgan fingerprint density at radius 1 is 1.17 bits per heavy atom. The third kappa shape index (κ3) is 4.51. The van der Waals surface area contributed by atoms with Crippen molar-refractivity contribution in [1.82, 2.24) is 23.8 Å². The van der Waals surface area contributed by atoms with Crippen LogP contribution >= 0.6 is 0 Å². The van der Waals surface area contributed by atoms with Crippen molar-refractivity contribution >= 4 is 10.2 Å². The van der Waals surface area contributed by atoms with Crippen LogP contribution in [0.1, 0.15) is 70.6 Å². The molecule has 0 saturated carbocycles. The van der Waals surface area contributed by atoms with E-state index >= 15 is 0 Å². The molecule has 0 bridgehead atoms. The summed E-state index contributed by atoms with van der Waals surface area (Å²) in [6.45, 7) is 7.76. The van der Waals surface area contributed by atoms with Crippen LogP contribution in [0.3, 0.4) is 0 Å². The summed E-state index contributed by atoms with van der Waals surface area (Å²) in [4.78, 5) is 0. The predicted octanol–water partition coefficient (Wildman–Crippen LogP) is 2.02. The average molecular weight is 343 g/mol. The molecule has 1 aliphatic heterocycles. The molecule has 23 heavy (non-hydrogen) atoms. The molecule has 0 spiro atoms. The van der Waals surface area contributed by atoms with E-state index in [1.54, 1.807) is 0 Å². The van der Waals surface area contributed by atoms with Gasteiger partial charge in [-0.05, 0) is 32.6 Å². The number of fused-ring (bicyclic) bond motifs is 1. The van der Waals surface area contributed by atoms with Gasteiger partial charge in [0.25, 0.3) is 10.2 Å². The van der Waals surface area contributed by atoms with Gasteiger partial charge in [0.2, 0.25) is 0 Å². The molecule has 2 heterocycles. The highest BCUT2D eigenvalue weighted by atomic mass is 32.2. The number of hydrogen-bond acceptors (Lipinski definition) is 4. The molecular formula is C15H29N5O2S. The molecule has 0 saturated heterocycles. The monoisotopic (exact) mass is 343 g/mol. The molecule has 1 aromatic rings. The maximum atomic E-state index is 12.6. The Balaban J connectivity index is 2.14. The largest absolute Gasteiger partial charge is 0.314 e. The van der Waals surface area contributed by atoms with Crippen LogP contribution in [0.4, 0.5) is 0 Å². The zero-order chi connectivity index (χ0) is 16.9. The average Bonchev–Trinajstić information content (AvgIpc) is 2.76. The van der Waals surface area contributed by atoms with Gasteiger partial charge in [-0.2, -0.15) is 17.4 Å². The zero-order valence-corrected chi connectivity index (χ0v) is 15.3. The fraction of sp³-hybridized carbons (Fsp3) is 0.867. The lowest BCUT2D eigenvalue weighted by Crippen LogP contribution is -2.43. The minimum atomic E-state index is -3.51. The summed E-state index contributed by atoms with van der Waals surface area (Å²) < 4.78 is 31.6. The van der Waals surface area contributed by atoms with Crippen molar-refractivity contribution in [2.45, 2.75) is 71.9 Å². The number of hydrogen-bond donors (Lipinski definition) is 1. The molecule has 1 atom stereocenters. The van der Waals surface area contributed by atoms with Crippen molar-refractivity contribution in [3.05, 3.63) is 11.6 Å². The molecule has 0 radical (unpaired) electrons. The van der Waals surface area contributed by atoms with Gasteiger partial charge in [0.05, 0.1) is 6.04 Å². The summed E-state index contributed by atoms with van der Waals surface area (Å²) >= 11 is 0. The standard InChI is InChI=1S/C15H29N5O2S/c1-4-10-19(11-5-2)23(21,22)18-13(3)15-17-16-14-9-7-6-8-12-20(14)15/h13,18H,4-12H2,1-3H3. The molecule has 1 aliphatic rings. The van der Waals surface area contributed by atoms with E-state index in [1.807, 2.05) is 20.8 Å². The highest BCUT2D eigenvalue weighted by Gasteiger charge is 2.26. The maximum absolute atomic E-state index is 12.6. The number of aromatic nitrogens is 3. The zero-order valence-electron chi connectivity index (χ0n) is 14.5. The minimum absolute atomic E-state index is 0.379. The Kier molecular flexibility index (Phi) is 6.55. The summed E-state index contributed by atoms with van der Waals surface area (Å²) in [7, 11) is -3.51. The van der Waals surface area contributed by atoms with Crippen LogP contribution in [0.15, 0.2) is 0 Å². The highest BCUT2D eigenvalue weighted by Crippen LogP contribution is 2.19. The van der Waals surface area contributed by atoms with Crippen molar-refractivity contribution in [3.8, 4) is 0 Å². The molecule has 0 fully saturated rings. The molecule has 0 aromatic carbocycles. The van der Waals surface area contributed by atoms with E-state index in [0.29, 0.717) is 13.1 Å². The van der Waals surface area contributed by atoms with Gasteiger partial charge in [-0.3, -0.25) is 0 Å². The van der Waals surface area contributed by atoms with Crippen molar-refractivity contribution < 1.29 is 8.42 Å². The van der Waals surface area contributed by atoms with Crippen molar-refractivity contribution in [2.24, 2.45) is 0 Å². The van der Waals surface area contributed by atoms with Gasteiger partial charge in [-0.25, -0.2) is 0 Å². The third-order valence-corrected chi connectivity index (χ3v) is 5.83. The summed E-state index contributed by atoms with van der Waals surface area (Å²) in [6.07, 6.45) is 5.92. The Hall–Kier alpha value is -0.990. The summed E-state index contributed by atoms with van der Waals surface area (Å²) in [5, 5.41) is 8.49. The molecule has 2 rings (SSSR count). The second-order valence-corrected chi connectivity index (χ2v) is 7.88. The minimum Gasteiger partial charge on any atom is -0.314 e. The molecule has 1 unspecified atom stereocenters. The van der Waals surface area contributed by atoms with E-state index in [0.717, 1.165) is 50.3 Å². The Morgan fingerprint density at radius 2 is 1.87 bits per heavy atom. The van der Waals surface area contributed by atoms with Gasteiger partial charge < -0.3 is 4.57 Å². The van der Waals surface area contributed by atoms with Gasteiger partial charge in [-0.1, -0.05) is 20.3 Å².